The molecule has 16 heavy (non-hydrogen) atoms. The molecule has 2 unspecified atom stereocenters. The van der Waals surface area contributed by atoms with Crippen molar-refractivity contribution in [2.75, 3.05) is 20.2 Å². The third-order valence-electron chi connectivity index (χ3n) is 3.51. The fraction of sp³-hybridized carbons (Fsp3) is 0.538. The Morgan fingerprint density at radius 1 is 1.44 bits per heavy atom. The van der Waals surface area contributed by atoms with Gasteiger partial charge >= 0.3 is 0 Å². The van der Waals surface area contributed by atoms with Gasteiger partial charge in [0, 0.05) is 18.0 Å². The summed E-state index contributed by atoms with van der Waals surface area (Å²) in [5, 5.41) is 14.0. The maximum absolute atomic E-state index is 10.7. The molecule has 1 aromatic rings. The zero-order valence-corrected chi connectivity index (χ0v) is 9.86. The molecule has 1 aromatic carbocycles. The highest BCUT2D eigenvalue weighted by molar-refractivity contribution is 5.38. The Bertz CT molecular complexity index is 357. The van der Waals surface area contributed by atoms with Crippen LogP contribution in [0.4, 0.5) is 0 Å². The molecule has 1 fully saturated rings. The van der Waals surface area contributed by atoms with Gasteiger partial charge in [0.25, 0.3) is 0 Å². The van der Waals surface area contributed by atoms with E-state index in [0.717, 1.165) is 30.8 Å². The van der Waals surface area contributed by atoms with Gasteiger partial charge in [0.1, 0.15) is 5.75 Å². The summed E-state index contributed by atoms with van der Waals surface area (Å²) in [4.78, 5) is 0. The monoisotopic (exact) mass is 221 g/mol. The summed E-state index contributed by atoms with van der Waals surface area (Å²) in [6, 6.07) is 7.70. The molecule has 0 aromatic heterocycles. The molecule has 0 aliphatic carbocycles. The molecular formula is C13H19NO2. The molecule has 1 heterocycles. The number of hydrogen-bond donors (Lipinski definition) is 2. The normalized spacial score (nSPS) is 24.1. The first-order valence-electron chi connectivity index (χ1n) is 5.73. The van der Waals surface area contributed by atoms with Crippen molar-refractivity contribution in [2.24, 2.45) is 5.92 Å². The SMILES string of the molecule is COc1ccccc1C(C)(O)C1CCNC1. The Morgan fingerprint density at radius 3 is 2.81 bits per heavy atom. The Labute approximate surface area is 96.4 Å². The maximum Gasteiger partial charge on any atom is 0.124 e. The lowest BCUT2D eigenvalue weighted by Crippen LogP contribution is -2.33. The molecule has 2 rings (SSSR count). The molecule has 0 saturated carbocycles. The number of benzene rings is 1. The number of methoxy groups -OCH3 is 1. The minimum atomic E-state index is -0.823. The van der Waals surface area contributed by atoms with E-state index in [1.807, 2.05) is 31.2 Å². The minimum Gasteiger partial charge on any atom is -0.496 e. The van der Waals surface area contributed by atoms with Crippen LogP contribution < -0.4 is 10.1 Å². The zero-order valence-electron chi connectivity index (χ0n) is 9.86. The smallest absolute Gasteiger partial charge is 0.124 e. The summed E-state index contributed by atoms with van der Waals surface area (Å²) >= 11 is 0. The second-order valence-corrected chi connectivity index (χ2v) is 4.54. The van der Waals surface area contributed by atoms with Crippen LogP contribution in [0.15, 0.2) is 24.3 Å². The number of ether oxygens (including phenoxy) is 1. The molecule has 2 N–H and O–H groups in total. The molecule has 0 bridgehead atoms. The minimum absolute atomic E-state index is 0.254. The molecule has 0 amide bonds. The molecule has 3 nitrogen and oxygen atoms in total. The third-order valence-corrected chi connectivity index (χ3v) is 3.51. The van der Waals surface area contributed by atoms with Crippen molar-refractivity contribution in [1.29, 1.82) is 0 Å². The summed E-state index contributed by atoms with van der Waals surface area (Å²) in [6.07, 6.45) is 1.01. The van der Waals surface area contributed by atoms with E-state index < -0.39 is 5.60 Å². The summed E-state index contributed by atoms with van der Waals surface area (Å²) in [6.45, 7) is 3.73. The first-order chi connectivity index (χ1) is 7.66. The second-order valence-electron chi connectivity index (χ2n) is 4.54. The number of aliphatic hydroxyl groups is 1. The number of hydrogen-bond acceptors (Lipinski definition) is 3. The van der Waals surface area contributed by atoms with Crippen molar-refractivity contribution < 1.29 is 9.84 Å². The lowest BCUT2D eigenvalue weighted by Gasteiger charge is -2.31. The number of rotatable bonds is 3. The van der Waals surface area contributed by atoms with Gasteiger partial charge in [-0.3, -0.25) is 0 Å². The van der Waals surface area contributed by atoms with Crippen molar-refractivity contribution in [3.05, 3.63) is 29.8 Å². The lowest BCUT2D eigenvalue weighted by molar-refractivity contribution is 0.000168. The van der Waals surface area contributed by atoms with Gasteiger partial charge < -0.3 is 15.2 Å². The summed E-state index contributed by atoms with van der Waals surface area (Å²) in [5.41, 5.74) is 0.0574. The van der Waals surface area contributed by atoms with Gasteiger partial charge in [0.15, 0.2) is 0 Å². The van der Waals surface area contributed by atoms with Crippen molar-refractivity contribution in [1.82, 2.24) is 5.32 Å². The second kappa shape index (κ2) is 4.44. The lowest BCUT2D eigenvalue weighted by atomic mass is 9.82. The summed E-state index contributed by atoms with van der Waals surface area (Å²) in [5.74, 6) is 1.02. The quantitative estimate of drug-likeness (QED) is 0.813. The highest BCUT2D eigenvalue weighted by Gasteiger charge is 2.37. The molecule has 2 atom stereocenters. The van der Waals surface area contributed by atoms with Crippen LogP contribution in [0.3, 0.4) is 0 Å². The highest BCUT2D eigenvalue weighted by atomic mass is 16.5. The molecule has 1 aliphatic heterocycles. The Morgan fingerprint density at radius 2 is 2.19 bits per heavy atom. The Balaban J connectivity index is 2.33. The fourth-order valence-corrected chi connectivity index (χ4v) is 2.42. The van der Waals surface area contributed by atoms with Crippen LogP contribution in [-0.4, -0.2) is 25.3 Å². The predicted octanol–water partition coefficient (Wildman–Crippen LogP) is 1.51. The van der Waals surface area contributed by atoms with Crippen molar-refractivity contribution in [2.45, 2.75) is 18.9 Å². The third kappa shape index (κ3) is 1.93. The first kappa shape index (κ1) is 11.4. The van der Waals surface area contributed by atoms with E-state index >= 15 is 0 Å². The number of nitrogens with one attached hydrogen (secondary N) is 1. The topological polar surface area (TPSA) is 41.5 Å². The standard InChI is InChI=1S/C13H19NO2/c1-13(15,10-7-8-14-9-10)11-5-3-4-6-12(11)16-2/h3-6,10,14-15H,7-9H2,1-2H3. The van der Waals surface area contributed by atoms with E-state index in [0.29, 0.717) is 0 Å². The van der Waals surface area contributed by atoms with Crippen LogP contribution in [0.2, 0.25) is 0 Å². The maximum atomic E-state index is 10.7. The zero-order chi connectivity index (χ0) is 11.6. The average Bonchev–Trinajstić information content (AvgIpc) is 2.83. The van der Waals surface area contributed by atoms with Gasteiger partial charge in [-0.15, -0.1) is 0 Å². The van der Waals surface area contributed by atoms with Crippen molar-refractivity contribution in [3.8, 4) is 5.75 Å². The average molecular weight is 221 g/mol. The van der Waals surface area contributed by atoms with Crippen LogP contribution in [0.25, 0.3) is 0 Å². The Kier molecular flexibility index (Phi) is 3.17. The Hall–Kier alpha value is -1.06. The molecule has 3 heteroatoms. The first-order valence-corrected chi connectivity index (χ1v) is 5.73. The largest absolute Gasteiger partial charge is 0.496 e. The van der Waals surface area contributed by atoms with Gasteiger partial charge in [0.2, 0.25) is 0 Å². The van der Waals surface area contributed by atoms with Crippen LogP contribution in [-0.2, 0) is 5.60 Å². The molecule has 0 radical (unpaired) electrons. The van der Waals surface area contributed by atoms with Crippen LogP contribution in [0.1, 0.15) is 18.9 Å². The fourth-order valence-electron chi connectivity index (χ4n) is 2.42. The van der Waals surface area contributed by atoms with E-state index in [9.17, 15) is 5.11 Å². The van der Waals surface area contributed by atoms with Gasteiger partial charge in [-0.1, -0.05) is 18.2 Å². The van der Waals surface area contributed by atoms with Gasteiger partial charge in [0.05, 0.1) is 12.7 Å². The van der Waals surface area contributed by atoms with E-state index in [1.54, 1.807) is 7.11 Å². The van der Waals surface area contributed by atoms with E-state index in [4.69, 9.17) is 4.74 Å². The van der Waals surface area contributed by atoms with Crippen molar-refractivity contribution in [3.63, 3.8) is 0 Å². The number of para-hydroxylation sites is 1. The van der Waals surface area contributed by atoms with Gasteiger partial charge in [-0.05, 0) is 26.0 Å². The molecule has 1 saturated heterocycles. The van der Waals surface area contributed by atoms with Crippen LogP contribution in [0.5, 0.6) is 5.75 Å². The summed E-state index contributed by atoms with van der Waals surface area (Å²) < 4.78 is 5.31. The van der Waals surface area contributed by atoms with E-state index in [1.165, 1.54) is 0 Å². The van der Waals surface area contributed by atoms with Gasteiger partial charge in [-0.25, -0.2) is 0 Å². The molecular weight excluding hydrogens is 202 g/mol. The molecule has 0 spiro atoms. The van der Waals surface area contributed by atoms with Gasteiger partial charge in [-0.2, -0.15) is 0 Å². The van der Waals surface area contributed by atoms with E-state index in [-0.39, 0.29) is 5.92 Å². The molecule has 1 aliphatic rings. The van der Waals surface area contributed by atoms with E-state index in [2.05, 4.69) is 5.32 Å². The van der Waals surface area contributed by atoms with Crippen LogP contribution in [0, 0.1) is 5.92 Å². The predicted molar refractivity (Wildman–Crippen MR) is 63.5 cm³/mol. The molecule has 88 valence electrons. The highest BCUT2D eigenvalue weighted by Crippen LogP contribution is 2.37. The van der Waals surface area contributed by atoms with Crippen molar-refractivity contribution >= 4 is 0 Å². The van der Waals surface area contributed by atoms with Crippen LogP contribution >= 0.6 is 0 Å². The summed E-state index contributed by atoms with van der Waals surface area (Å²) in [7, 11) is 1.64.